The fourth-order valence-electron chi connectivity index (χ4n) is 1.97. The van der Waals surface area contributed by atoms with Crippen molar-refractivity contribution in [2.24, 2.45) is 0 Å². The number of hydrogen-bond acceptors (Lipinski definition) is 4. The Morgan fingerprint density at radius 3 is 2.67 bits per heavy atom. The second kappa shape index (κ2) is 8.82. The van der Waals surface area contributed by atoms with Crippen LogP contribution in [0.4, 0.5) is 0 Å². The van der Waals surface area contributed by atoms with Gasteiger partial charge in [0.2, 0.25) is 0 Å². The molecule has 0 saturated carbocycles. The molecule has 1 aromatic carbocycles. The molecule has 1 heterocycles. The largest absolute Gasteiger partial charge is 0.383 e. The highest BCUT2D eigenvalue weighted by molar-refractivity contribution is 7.98. The van der Waals surface area contributed by atoms with E-state index >= 15 is 0 Å². The zero-order valence-corrected chi connectivity index (χ0v) is 13.5. The van der Waals surface area contributed by atoms with Crippen LogP contribution >= 0.6 is 11.8 Å². The van der Waals surface area contributed by atoms with Gasteiger partial charge in [0.25, 0.3) is 0 Å². The van der Waals surface area contributed by atoms with Crippen LogP contribution in [0.15, 0.2) is 47.6 Å². The zero-order valence-electron chi connectivity index (χ0n) is 12.6. The zero-order chi connectivity index (χ0) is 14.9. The molecule has 0 bridgehead atoms. The van der Waals surface area contributed by atoms with Gasteiger partial charge >= 0.3 is 0 Å². The Morgan fingerprint density at radius 1 is 1.14 bits per heavy atom. The normalized spacial score (nSPS) is 10.8. The van der Waals surface area contributed by atoms with Gasteiger partial charge < -0.3 is 10.1 Å². The topological polar surface area (TPSA) is 34.1 Å². The summed E-state index contributed by atoms with van der Waals surface area (Å²) < 4.78 is 5.01. The molecular weight excluding hydrogens is 280 g/mol. The highest BCUT2D eigenvalue weighted by Gasteiger charge is 1.99. The smallest absolute Gasteiger partial charge is 0.0587 e. The number of rotatable bonds is 8. The maximum Gasteiger partial charge on any atom is 0.0587 e. The third-order valence-electron chi connectivity index (χ3n) is 3.07. The van der Waals surface area contributed by atoms with E-state index in [1.165, 1.54) is 21.6 Å². The van der Waals surface area contributed by atoms with Gasteiger partial charge in [0.1, 0.15) is 0 Å². The van der Waals surface area contributed by atoms with Gasteiger partial charge in [-0.05, 0) is 35.7 Å². The fraction of sp³-hybridized carbons (Fsp3) is 0.353. The molecule has 4 heteroatoms. The monoisotopic (exact) mass is 302 g/mol. The Kier molecular flexibility index (Phi) is 6.73. The van der Waals surface area contributed by atoms with Crippen molar-refractivity contribution >= 4 is 11.8 Å². The van der Waals surface area contributed by atoms with Gasteiger partial charge in [-0.15, -0.1) is 11.8 Å². The van der Waals surface area contributed by atoms with E-state index in [0.717, 1.165) is 25.4 Å². The Hall–Kier alpha value is -1.36. The average Bonchev–Trinajstić information content (AvgIpc) is 2.51. The lowest BCUT2D eigenvalue weighted by Crippen LogP contribution is -2.18. The lowest BCUT2D eigenvalue weighted by molar-refractivity contribution is 0.199. The van der Waals surface area contributed by atoms with Crippen molar-refractivity contribution in [3.8, 4) is 0 Å². The van der Waals surface area contributed by atoms with Gasteiger partial charge in [0.05, 0.1) is 6.61 Å². The van der Waals surface area contributed by atoms with E-state index in [2.05, 4.69) is 47.6 Å². The first-order valence-electron chi connectivity index (χ1n) is 7.10. The van der Waals surface area contributed by atoms with Gasteiger partial charge in [0.15, 0.2) is 0 Å². The molecule has 112 valence electrons. The quantitative estimate of drug-likeness (QED) is 0.598. The van der Waals surface area contributed by atoms with Crippen LogP contribution in [0.25, 0.3) is 0 Å². The number of hydrogen-bond donors (Lipinski definition) is 1. The number of thioether (sulfide) groups is 1. The summed E-state index contributed by atoms with van der Waals surface area (Å²) in [5, 5.41) is 3.35. The third kappa shape index (κ3) is 5.87. The van der Waals surface area contributed by atoms with Gasteiger partial charge in [-0.3, -0.25) is 4.98 Å². The molecule has 21 heavy (non-hydrogen) atoms. The summed E-state index contributed by atoms with van der Waals surface area (Å²) in [5.74, 6) is 0.958. The molecule has 0 radical (unpaired) electrons. The van der Waals surface area contributed by atoms with Crippen molar-refractivity contribution < 1.29 is 4.74 Å². The van der Waals surface area contributed by atoms with Crippen molar-refractivity contribution in [2.75, 3.05) is 20.3 Å². The molecular formula is C17H22N2OS. The van der Waals surface area contributed by atoms with E-state index in [0.29, 0.717) is 0 Å². The van der Waals surface area contributed by atoms with E-state index in [1.807, 2.05) is 24.2 Å². The lowest BCUT2D eigenvalue weighted by atomic mass is 10.2. The predicted molar refractivity (Wildman–Crippen MR) is 88.6 cm³/mol. The molecule has 0 aliphatic rings. The van der Waals surface area contributed by atoms with Crippen molar-refractivity contribution in [1.29, 1.82) is 0 Å². The number of nitrogens with one attached hydrogen (secondary N) is 1. The standard InChI is InChI=1S/C17H22N2OS/c1-14-9-16(12-19-10-14)13-21-17-5-3-15(4-6-17)11-18-7-8-20-2/h3-6,9-10,12,18H,7-8,11,13H2,1-2H3. The first kappa shape index (κ1) is 16.0. The van der Waals surface area contributed by atoms with E-state index in [9.17, 15) is 0 Å². The van der Waals surface area contributed by atoms with Gasteiger partial charge in [0, 0.05) is 43.2 Å². The van der Waals surface area contributed by atoms with Crippen LogP contribution in [-0.2, 0) is 17.0 Å². The first-order valence-corrected chi connectivity index (χ1v) is 8.08. The van der Waals surface area contributed by atoms with Crippen LogP contribution in [-0.4, -0.2) is 25.2 Å². The van der Waals surface area contributed by atoms with Gasteiger partial charge in [-0.1, -0.05) is 18.2 Å². The van der Waals surface area contributed by atoms with Crippen LogP contribution in [0.2, 0.25) is 0 Å². The van der Waals surface area contributed by atoms with Crippen LogP contribution < -0.4 is 5.32 Å². The minimum atomic E-state index is 0.748. The van der Waals surface area contributed by atoms with E-state index in [-0.39, 0.29) is 0 Å². The van der Waals surface area contributed by atoms with Crippen LogP contribution in [0.5, 0.6) is 0 Å². The summed E-state index contributed by atoms with van der Waals surface area (Å²) in [5.41, 5.74) is 3.78. The minimum Gasteiger partial charge on any atom is -0.383 e. The summed E-state index contributed by atoms with van der Waals surface area (Å²) in [6.45, 7) is 4.59. The maximum absolute atomic E-state index is 5.01. The Balaban J connectivity index is 1.79. The molecule has 0 aliphatic heterocycles. The Bertz CT molecular complexity index is 543. The molecule has 0 saturated heterocycles. The second-order valence-electron chi connectivity index (χ2n) is 4.97. The predicted octanol–water partition coefficient (Wildman–Crippen LogP) is 3.42. The summed E-state index contributed by atoms with van der Waals surface area (Å²) >= 11 is 1.84. The number of ether oxygens (including phenoxy) is 1. The van der Waals surface area contributed by atoms with Gasteiger partial charge in [-0.25, -0.2) is 0 Å². The number of benzene rings is 1. The van der Waals surface area contributed by atoms with E-state index in [1.54, 1.807) is 7.11 Å². The molecule has 0 spiro atoms. The lowest BCUT2D eigenvalue weighted by Gasteiger charge is -2.06. The summed E-state index contributed by atoms with van der Waals surface area (Å²) in [6, 6.07) is 10.9. The van der Waals surface area contributed by atoms with Crippen LogP contribution in [0.1, 0.15) is 16.7 Å². The van der Waals surface area contributed by atoms with Gasteiger partial charge in [-0.2, -0.15) is 0 Å². The van der Waals surface area contributed by atoms with E-state index < -0.39 is 0 Å². The van der Waals surface area contributed by atoms with Crippen molar-refractivity contribution in [3.05, 3.63) is 59.4 Å². The SMILES string of the molecule is COCCNCc1ccc(SCc2cncc(C)c2)cc1. The summed E-state index contributed by atoms with van der Waals surface area (Å²) in [4.78, 5) is 5.52. The summed E-state index contributed by atoms with van der Waals surface area (Å²) in [7, 11) is 1.72. The number of nitrogens with zero attached hydrogens (tertiary/aromatic N) is 1. The molecule has 0 fully saturated rings. The molecule has 3 nitrogen and oxygen atoms in total. The molecule has 0 atom stereocenters. The third-order valence-corrected chi connectivity index (χ3v) is 4.16. The molecule has 0 aliphatic carbocycles. The number of pyridine rings is 1. The van der Waals surface area contributed by atoms with Crippen molar-refractivity contribution in [1.82, 2.24) is 10.3 Å². The van der Waals surface area contributed by atoms with Crippen molar-refractivity contribution in [2.45, 2.75) is 24.1 Å². The Labute approximate surface area is 131 Å². The second-order valence-corrected chi connectivity index (χ2v) is 6.02. The fourth-order valence-corrected chi connectivity index (χ4v) is 2.79. The average molecular weight is 302 g/mol. The first-order chi connectivity index (χ1) is 10.3. The highest BCUT2D eigenvalue weighted by Crippen LogP contribution is 2.23. The molecule has 1 N–H and O–H groups in total. The number of aryl methyl sites for hydroxylation is 1. The minimum absolute atomic E-state index is 0.748. The van der Waals surface area contributed by atoms with Crippen LogP contribution in [0, 0.1) is 6.92 Å². The van der Waals surface area contributed by atoms with Crippen LogP contribution in [0.3, 0.4) is 0 Å². The molecule has 2 rings (SSSR count). The number of aromatic nitrogens is 1. The molecule has 0 unspecified atom stereocenters. The maximum atomic E-state index is 5.01. The molecule has 2 aromatic rings. The summed E-state index contributed by atoms with van der Waals surface area (Å²) in [6.07, 6.45) is 3.83. The molecule has 1 aromatic heterocycles. The Morgan fingerprint density at radius 2 is 1.95 bits per heavy atom. The van der Waals surface area contributed by atoms with Crippen molar-refractivity contribution in [3.63, 3.8) is 0 Å². The molecule has 0 amide bonds. The number of methoxy groups -OCH3 is 1. The highest BCUT2D eigenvalue weighted by atomic mass is 32.2. The van der Waals surface area contributed by atoms with E-state index in [4.69, 9.17) is 4.74 Å².